The molecule has 0 radical (unpaired) electrons. The molecule has 0 unspecified atom stereocenters. The lowest BCUT2D eigenvalue weighted by Crippen LogP contribution is -2.26. The summed E-state index contributed by atoms with van der Waals surface area (Å²) in [5.41, 5.74) is 7.26. The van der Waals surface area contributed by atoms with Gasteiger partial charge in [0, 0.05) is 30.9 Å². The van der Waals surface area contributed by atoms with Crippen molar-refractivity contribution in [2.75, 3.05) is 31.1 Å². The number of benzene rings is 1. The van der Waals surface area contributed by atoms with Crippen LogP contribution in [0.3, 0.4) is 0 Å². The van der Waals surface area contributed by atoms with Crippen molar-refractivity contribution in [3.8, 4) is 0 Å². The van der Waals surface area contributed by atoms with Gasteiger partial charge in [0.15, 0.2) is 0 Å². The van der Waals surface area contributed by atoms with Gasteiger partial charge in [0.1, 0.15) is 0 Å². The van der Waals surface area contributed by atoms with Crippen molar-refractivity contribution in [2.24, 2.45) is 5.73 Å². The largest absolute Gasteiger partial charge is 0.372 e. The maximum Gasteiger partial charge on any atom is 0.251 e. The van der Waals surface area contributed by atoms with Crippen molar-refractivity contribution in [3.63, 3.8) is 0 Å². The molecular weight excluding hydrogens is 238 g/mol. The maximum absolute atomic E-state index is 11.8. The average molecular weight is 263 g/mol. The molecule has 1 amide bonds. The zero-order valence-electron chi connectivity index (χ0n) is 12.0. The molecule has 19 heavy (non-hydrogen) atoms. The van der Waals surface area contributed by atoms with Crippen molar-refractivity contribution in [3.05, 3.63) is 29.8 Å². The molecule has 0 aliphatic rings. The number of anilines is 1. The number of carbonyl (C=O) groups excluding carboxylic acids is 1. The second kappa shape index (κ2) is 8.53. The zero-order valence-corrected chi connectivity index (χ0v) is 12.0. The molecule has 0 aromatic heterocycles. The average Bonchev–Trinajstić information content (AvgIpc) is 2.45. The zero-order chi connectivity index (χ0) is 14.1. The Labute approximate surface area is 116 Å². The van der Waals surface area contributed by atoms with Crippen LogP contribution in [0.15, 0.2) is 24.3 Å². The first-order valence-corrected chi connectivity index (χ1v) is 7.06. The van der Waals surface area contributed by atoms with Crippen LogP contribution in [-0.2, 0) is 0 Å². The van der Waals surface area contributed by atoms with E-state index in [9.17, 15) is 4.79 Å². The van der Waals surface area contributed by atoms with E-state index in [0.717, 1.165) is 25.9 Å². The molecule has 0 saturated carbocycles. The van der Waals surface area contributed by atoms with Crippen LogP contribution in [0, 0.1) is 0 Å². The third-order valence-corrected chi connectivity index (χ3v) is 3.04. The molecule has 4 nitrogen and oxygen atoms in total. The summed E-state index contributed by atoms with van der Waals surface area (Å²) in [5.74, 6) is -0.0291. The molecular formula is C15H25N3O. The van der Waals surface area contributed by atoms with Gasteiger partial charge in [0.05, 0.1) is 0 Å². The summed E-state index contributed by atoms with van der Waals surface area (Å²) >= 11 is 0. The smallest absolute Gasteiger partial charge is 0.251 e. The third kappa shape index (κ3) is 4.91. The van der Waals surface area contributed by atoms with E-state index < -0.39 is 0 Å². The van der Waals surface area contributed by atoms with Gasteiger partial charge in [-0.1, -0.05) is 6.92 Å². The highest BCUT2D eigenvalue weighted by Gasteiger charge is 2.07. The minimum atomic E-state index is -0.0291. The number of hydrogen-bond donors (Lipinski definition) is 2. The number of amides is 1. The van der Waals surface area contributed by atoms with Crippen LogP contribution in [0.4, 0.5) is 5.69 Å². The van der Waals surface area contributed by atoms with Gasteiger partial charge in [-0.25, -0.2) is 0 Å². The molecule has 1 rings (SSSR count). The SMILES string of the molecule is CCCN(CC)c1ccc(C(=O)NCCCN)cc1. The van der Waals surface area contributed by atoms with E-state index in [0.29, 0.717) is 18.7 Å². The highest BCUT2D eigenvalue weighted by atomic mass is 16.1. The Morgan fingerprint density at radius 2 is 1.95 bits per heavy atom. The lowest BCUT2D eigenvalue weighted by atomic mass is 10.1. The topological polar surface area (TPSA) is 58.4 Å². The first-order chi connectivity index (χ1) is 9.22. The monoisotopic (exact) mass is 263 g/mol. The molecule has 1 aromatic rings. The van der Waals surface area contributed by atoms with Crippen LogP contribution >= 0.6 is 0 Å². The summed E-state index contributed by atoms with van der Waals surface area (Å²) in [6.45, 7) is 7.56. The van der Waals surface area contributed by atoms with E-state index in [1.54, 1.807) is 0 Å². The number of hydrogen-bond acceptors (Lipinski definition) is 3. The van der Waals surface area contributed by atoms with E-state index in [1.165, 1.54) is 5.69 Å². The summed E-state index contributed by atoms with van der Waals surface area (Å²) in [6, 6.07) is 7.78. The fourth-order valence-corrected chi connectivity index (χ4v) is 1.97. The van der Waals surface area contributed by atoms with Crippen molar-refractivity contribution in [2.45, 2.75) is 26.7 Å². The Kier molecular flexibility index (Phi) is 6.97. The number of nitrogens with two attached hydrogens (primary N) is 1. The van der Waals surface area contributed by atoms with Gasteiger partial charge >= 0.3 is 0 Å². The Bertz CT molecular complexity index is 375. The summed E-state index contributed by atoms with van der Waals surface area (Å²) < 4.78 is 0. The van der Waals surface area contributed by atoms with Crippen LogP contribution in [0.1, 0.15) is 37.0 Å². The van der Waals surface area contributed by atoms with Gasteiger partial charge < -0.3 is 16.0 Å². The van der Waals surface area contributed by atoms with Crippen molar-refractivity contribution in [1.82, 2.24) is 5.32 Å². The molecule has 0 spiro atoms. The predicted molar refractivity (Wildman–Crippen MR) is 80.6 cm³/mol. The minimum Gasteiger partial charge on any atom is -0.372 e. The molecule has 0 aliphatic heterocycles. The predicted octanol–water partition coefficient (Wildman–Crippen LogP) is 2.00. The molecule has 0 bridgehead atoms. The Morgan fingerprint density at radius 1 is 1.26 bits per heavy atom. The Hall–Kier alpha value is -1.55. The second-order valence-corrected chi connectivity index (χ2v) is 4.52. The van der Waals surface area contributed by atoms with Crippen LogP contribution in [0.5, 0.6) is 0 Å². The highest BCUT2D eigenvalue weighted by molar-refractivity contribution is 5.94. The van der Waals surface area contributed by atoms with Gasteiger partial charge in [0.2, 0.25) is 0 Å². The quantitative estimate of drug-likeness (QED) is 0.705. The molecule has 1 aromatic carbocycles. The number of rotatable bonds is 8. The van der Waals surface area contributed by atoms with E-state index in [4.69, 9.17) is 5.73 Å². The van der Waals surface area contributed by atoms with E-state index in [1.807, 2.05) is 24.3 Å². The van der Waals surface area contributed by atoms with Gasteiger partial charge in [-0.3, -0.25) is 4.79 Å². The van der Waals surface area contributed by atoms with Crippen LogP contribution < -0.4 is 16.0 Å². The number of nitrogens with one attached hydrogen (secondary N) is 1. The normalized spacial score (nSPS) is 10.3. The fraction of sp³-hybridized carbons (Fsp3) is 0.533. The molecule has 0 heterocycles. The fourth-order valence-electron chi connectivity index (χ4n) is 1.97. The summed E-state index contributed by atoms with van der Waals surface area (Å²) in [7, 11) is 0. The van der Waals surface area contributed by atoms with Crippen LogP contribution in [0.25, 0.3) is 0 Å². The van der Waals surface area contributed by atoms with E-state index >= 15 is 0 Å². The summed E-state index contributed by atoms with van der Waals surface area (Å²) in [4.78, 5) is 14.1. The minimum absolute atomic E-state index is 0.0291. The molecule has 0 saturated heterocycles. The third-order valence-electron chi connectivity index (χ3n) is 3.04. The molecule has 3 N–H and O–H groups in total. The van der Waals surface area contributed by atoms with Gasteiger partial charge in [-0.2, -0.15) is 0 Å². The molecule has 0 atom stereocenters. The van der Waals surface area contributed by atoms with Gasteiger partial charge in [0.25, 0.3) is 5.91 Å². The first-order valence-electron chi connectivity index (χ1n) is 7.06. The van der Waals surface area contributed by atoms with Crippen molar-refractivity contribution in [1.29, 1.82) is 0 Å². The molecule has 0 fully saturated rings. The van der Waals surface area contributed by atoms with Crippen molar-refractivity contribution < 1.29 is 4.79 Å². The molecule has 4 heteroatoms. The Balaban J connectivity index is 2.62. The molecule has 106 valence electrons. The van der Waals surface area contributed by atoms with Gasteiger partial charge in [-0.15, -0.1) is 0 Å². The Morgan fingerprint density at radius 3 is 2.47 bits per heavy atom. The lowest BCUT2D eigenvalue weighted by molar-refractivity contribution is 0.0953. The number of carbonyl (C=O) groups is 1. The van der Waals surface area contributed by atoms with Crippen LogP contribution in [0.2, 0.25) is 0 Å². The maximum atomic E-state index is 11.8. The summed E-state index contributed by atoms with van der Waals surface area (Å²) in [6.07, 6.45) is 1.93. The number of nitrogens with zero attached hydrogens (tertiary/aromatic N) is 1. The highest BCUT2D eigenvalue weighted by Crippen LogP contribution is 2.15. The standard InChI is InChI=1S/C15H25N3O/c1-3-12-18(4-2)14-8-6-13(7-9-14)15(19)17-11-5-10-16/h6-9H,3-5,10-12,16H2,1-2H3,(H,17,19). The van der Waals surface area contributed by atoms with Crippen molar-refractivity contribution >= 4 is 11.6 Å². The van der Waals surface area contributed by atoms with E-state index in [-0.39, 0.29) is 5.91 Å². The van der Waals surface area contributed by atoms with Crippen LogP contribution in [-0.4, -0.2) is 32.1 Å². The first kappa shape index (κ1) is 15.5. The van der Waals surface area contributed by atoms with E-state index in [2.05, 4.69) is 24.1 Å². The molecule has 0 aliphatic carbocycles. The lowest BCUT2D eigenvalue weighted by Gasteiger charge is -2.22. The van der Waals surface area contributed by atoms with Gasteiger partial charge in [-0.05, 0) is 50.6 Å². The summed E-state index contributed by atoms with van der Waals surface area (Å²) in [5, 5.41) is 2.86. The second-order valence-electron chi connectivity index (χ2n) is 4.52.